The summed E-state index contributed by atoms with van der Waals surface area (Å²) in [6.45, 7) is 4.00. The van der Waals surface area contributed by atoms with E-state index in [9.17, 15) is 9.50 Å². The molecule has 0 fully saturated rings. The van der Waals surface area contributed by atoms with Crippen molar-refractivity contribution in [3.8, 4) is 0 Å². The molecule has 0 saturated heterocycles. The summed E-state index contributed by atoms with van der Waals surface area (Å²) in [6.07, 6.45) is 0. The Labute approximate surface area is 119 Å². The van der Waals surface area contributed by atoms with Crippen molar-refractivity contribution in [1.82, 2.24) is 5.32 Å². The molecule has 0 aliphatic carbocycles. The highest BCUT2D eigenvalue weighted by molar-refractivity contribution is 5.23. The van der Waals surface area contributed by atoms with Crippen LogP contribution in [-0.4, -0.2) is 11.7 Å². The van der Waals surface area contributed by atoms with Crippen LogP contribution in [0.4, 0.5) is 4.39 Å². The first-order valence-electron chi connectivity index (χ1n) is 6.76. The van der Waals surface area contributed by atoms with Crippen molar-refractivity contribution < 1.29 is 9.50 Å². The quantitative estimate of drug-likeness (QED) is 0.875. The highest BCUT2D eigenvalue weighted by Gasteiger charge is 2.23. The summed E-state index contributed by atoms with van der Waals surface area (Å²) in [4.78, 5) is 0. The van der Waals surface area contributed by atoms with Crippen LogP contribution in [0.3, 0.4) is 0 Å². The third-order valence-corrected chi connectivity index (χ3v) is 3.52. The first-order chi connectivity index (χ1) is 9.50. The predicted molar refractivity (Wildman–Crippen MR) is 78.8 cm³/mol. The van der Waals surface area contributed by atoms with Crippen molar-refractivity contribution in [2.24, 2.45) is 0 Å². The normalized spacial score (nSPS) is 15.6. The lowest BCUT2D eigenvalue weighted by molar-refractivity contribution is 0.0542. The van der Waals surface area contributed by atoms with E-state index in [-0.39, 0.29) is 11.9 Å². The Hall–Kier alpha value is -1.71. The van der Waals surface area contributed by atoms with Crippen LogP contribution < -0.4 is 5.32 Å². The molecule has 0 amide bonds. The van der Waals surface area contributed by atoms with Gasteiger partial charge in [-0.05, 0) is 25.5 Å². The van der Waals surface area contributed by atoms with Crippen LogP contribution in [0, 0.1) is 5.82 Å². The lowest BCUT2D eigenvalue weighted by Gasteiger charge is -2.26. The van der Waals surface area contributed by atoms with Gasteiger partial charge in [-0.25, -0.2) is 4.39 Å². The SMILES string of the molecule is C[C@@H](NCC(C)(O)c1ccccc1)c1ccccc1F. The van der Waals surface area contributed by atoms with Crippen molar-refractivity contribution in [3.05, 3.63) is 71.5 Å². The lowest BCUT2D eigenvalue weighted by atomic mass is 9.95. The Balaban J connectivity index is 2.03. The van der Waals surface area contributed by atoms with E-state index in [1.165, 1.54) is 6.07 Å². The van der Waals surface area contributed by atoms with E-state index >= 15 is 0 Å². The molecule has 2 rings (SSSR count). The maximum absolute atomic E-state index is 13.7. The second-order valence-corrected chi connectivity index (χ2v) is 5.26. The Morgan fingerprint density at radius 2 is 1.70 bits per heavy atom. The summed E-state index contributed by atoms with van der Waals surface area (Å²) in [5, 5.41) is 13.7. The summed E-state index contributed by atoms with van der Waals surface area (Å²) in [6, 6.07) is 16.0. The third kappa shape index (κ3) is 3.44. The van der Waals surface area contributed by atoms with Crippen molar-refractivity contribution in [3.63, 3.8) is 0 Å². The molecule has 0 bridgehead atoms. The molecule has 2 aromatic carbocycles. The molecule has 2 N–H and O–H groups in total. The lowest BCUT2D eigenvalue weighted by Crippen LogP contribution is -2.36. The van der Waals surface area contributed by atoms with Gasteiger partial charge in [0.05, 0.1) is 5.60 Å². The molecule has 0 radical (unpaired) electrons. The van der Waals surface area contributed by atoms with Crippen molar-refractivity contribution >= 4 is 0 Å². The standard InChI is InChI=1S/C17H20FNO/c1-13(15-10-6-7-11-16(15)18)19-12-17(2,20)14-8-4-3-5-9-14/h3-11,13,19-20H,12H2,1-2H3/t13-,17?/m1/s1. The number of rotatable bonds is 5. The van der Waals surface area contributed by atoms with E-state index in [1.54, 1.807) is 19.1 Å². The zero-order chi connectivity index (χ0) is 14.6. The van der Waals surface area contributed by atoms with E-state index in [1.807, 2.05) is 43.3 Å². The van der Waals surface area contributed by atoms with Gasteiger partial charge in [-0.3, -0.25) is 0 Å². The van der Waals surface area contributed by atoms with Gasteiger partial charge in [0.25, 0.3) is 0 Å². The fraction of sp³-hybridized carbons (Fsp3) is 0.294. The molecule has 0 aromatic heterocycles. The van der Waals surface area contributed by atoms with Gasteiger partial charge in [0.1, 0.15) is 5.82 Å². The molecule has 0 heterocycles. The van der Waals surface area contributed by atoms with Crippen LogP contribution in [0.15, 0.2) is 54.6 Å². The smallest absolute Gasteiger partial charge is 0.127 e. The molecule has 106 valence electrons. The van der Waals surface area contributed by atoms with Crippen LogP contribution in [-0.2, 0) is 5.60 Å². The summed E-state index contributed by atoms with van der Waals surface area (Å²) in [5.41, 5.74) is 0.463. The van der Waals surface area contributed by atoms with E-state index < -0.39 is 5.60 Å². The third-order valence-electron chi connectivity index (χ3n) is 3.52. The zero-order valence-corrected chi connectivity index (χ0v) is 11.8. The topological polar surface area (TPSA) is 32.3 Å². The first-order valence-corrected chi connectivity index (χ1v) is 6.76. The summed E-state index contributed by atoms with van der Waals surface area (Å²) in [7, 11) is 0. The number of aliphatic hydroxyl groups is 1. The minimum atomic E-state index is -0.985. The van der Waals surface area contributed by atoms with Crippen LogP contribution >= 0.6 is 0 Å². The van der Waals surface area contributed by atoms with Crippen LogP contribution in [0.1, 0.15) is 31.0 Å². The van der Waals surface area contributed by atoms with E-state index in [4.69, 9.17) is 0 Å². The van der Waals surface area contributed by atoms with E-state index in [0.717, 1.165) is 5.56 Å². The Morgan fingerprint density at radius 3 is 2.35 bits per heavy atom. The van der Waals surface area contributed by atoms with Gasteiger partial charge in [-0.15, -0.1) is 0 Å². The minimum Gasteiger partial charge on any atom is -0.384 e. The van der Waals surface area contributed by atoms with Gasteiger partial charge in [0, 0.05) is 18.2 Å². The second kappa shape index (κ2) is 6.16. The van der Waals surface area contributed by atoms with E-state index in [0.29, 0.717) is 12.1 Å². The maximum atomic E-state index is 13.7. The average Bonchev–Trinajstić information content (AvgIpc) is 2.46. The fourth-order valence-electron chi connectivity index (χ4n) is 2.19. The summed E-state index contributed by atoms with van der Waals surface area (Å²) < 4.78 is 13.7. The molecule has 2 nitrogen and oxygen atoms in total. The second-order valence-electron chi connectivity index (χ2n) is 5.26. The van der Waals surface area contributed by atoms with Gasteiger partial charge in [-0.2, -0.15) is 0 Å². The first kappa shape index (κ1) is 14.7. The summed E-state index contributed by atoms with van der Waals surface area (Å²) in [5.74, 6) is -0.230. The molecule has 2 aromatic rings. The van der Waals surface area contributed by atoms with E-state index in [2.05, 4.69) is 5.32 Å². The van der Waals surface area contributed by atoms with Crippen LogP contribution in [0.2, 0.25) is 0 Å². The van der Waals surface area contributed by atoms with Gasteiger partial charge in [0.2, 0.25) is 0 Å². The number of halogens is 1. The van der Waals surface area contributed by atoms with Crippen molar-refractivity contribution in [1.29, 1.82) is 0 Å². The number of nitrogens with one attached hydrogen (secondary N) is 1. The Bertz CT molecular complexity index is 554. The number of hydrogen-bond acceptors (Lipinski definition) is 2. The Morgan fingerprint density at radius 1 is 1.10 bits per heavy atom. The Kier molecular flexibility index (Phi) is 4.53. The monoisotopic (exact) mass is 273 g/mol. The highest BCUT2D eigenvalue weighted by Crippen LogP contribution is 2.22. The molecule has 3 heteroatoms. The predicted octanol–water partition coefficient (Wildman–Crippen LogP) is 3.38. The molecular formula is C17H20FNO. The van der Waals surface area contributed by atoms with Gasteiger partial charge in [0.15, 0.2) is 0 Å². The average molecular weight is 273 g/mol. The molecule has 1 unspecified atom stereocenters. The van der Waals surface area contributed by atoms with Crippen LogP contribution in [0.5, 0.6) is 0 Å². The molecule has 0 spiro atoms. The van der Waals surface area contributed by atoms with Crippen LogP contribution in [0.25, 0.3) is 0 Å². The molecule has 20 heavy (non-hydrogen) atoms. The maximum Gasteiger partial charge on any atom is 0.127 e. The highest BCUT2D eigenvalue weighted by atomic mass is 19.1. The fourth-order valence-corrected chi connectivity index (χ4v) is 2.19. The van der Waals surface area contributed by atoms with Crippen molar-refractivity contribution in [2.75, 3.05) is 6.54 Å². The molecule has 0 saturated carbocycles. The minimum absolute atomic E-state index is 0.161. The van der Waals surface area contributed by atoms with Gasteiger partial charge < -0.3 is 10.4 Å². The molecular weight excluding hydrogens is 253 g/mol. The largest absolute Gasteiger partial charge is 0.384 e. The summed E-state index contributed by atoms with van der Waals surface area (Å²) >= 11 is 0. The number of hydrogen-bond donors (Lipinski definition) is 2. The van der Waals surface area contributed by atoms with Gasteiger partial charge in [-0.1, -0.05) is 48.5 Å². The van der Waals surface area contributed by atoms with Gasteiger partial charge >= 0.3 is 0 Å². The number of benzene rings is 2. The molecule has 2 atom stereocenters. The van der Waals surface area contributed by atoms with Crippen molar-refractivity contribution in [2.45, 2.75) is 25.5 Å². The molecule has 0 aliphatic heterocycles. The zero-order valence-electron chi connectivity index (χ0n) is 11.8. The molecule has 0 aliphatic rings.